The summed E-state index contributed by atoms with van der Waals surface area (Å²) in [6.07, 6.45) is 4.89. The number of aliphatic hydroxyl groups is 1. The number of carbonyl (C=O) groups excluding carboxylic acids is 4. The summed E-state index contributed by atoms with van der Waals surface area (Å²) in [5.74, 6) is -0.566. The third-order valence-corrected chi connectivity index (χ3v) is 16.7. The summed E-state index contributed by atoms with van der Waals surface area (Å²) in [5.41, 5.74) is 12.8. The molecule has 2 saturated heterocycles. The number of aliphatic hydroxyl groups excluding tert-OH is 1. The van der Waals surface area contributed by atoms with Crippen LogP contribution in [0.5, 0.6) is 5.75 Å². The minimum atomic E-state index is -3.95. The summed E-state index contributed by atoms with van der Waals surface area (Å²) in [5, 5.41) is 20.6. The highest BCUT2D eigenvalue weighted by molar-refractivity contribution is 7.90. The van der Waals surface area contributed by atoms with E-state index in [1.165, 1.54) is 6.07 Å². The van der Waals surface area contributed by atoms with Gasteiger partial charge in [0, 0.05) is 43.7 Å². The Morgan fingerprint density at radius 2 is 1.60 bits per heavy atom. The van der Waals surface area contributed by atoms with Crippen LogP contribution in [0.25, 0.3) is 10.8 Å². The lowest BCUT2D eigenvalue weighted by Crippen LogP contribution is -2.65. The van der Waals surface area contributed by atoms with Crippen LogP contribution >= 0.6 is 0 Å². The lowest BCUT2D eigenvalue weighted by Gasteiger charge is -2.64. The molecule has 3 aliphatic heterocycles. The van der Waals surface area contributed by atoms with Crippen molar-refractivity contribution in [2.45, 2.75) is 146 Å². The van der Waals surface area contributed by atoms with Crippen LogP contribution in [0, 0.1) is 17.3 Å². The fourth-order valence-corrected chi connectivity index (χ4v) is 12.4. The highest BCUT2D eigenvalue weighted by Gasteiger charge is 2.69. The van der Waals surface area contributed by atoms with Gasteiger partial charge in [-0.25, -0.2) is 13.1 Å². The second kappa shape index (κ2) is 20.1. The van der Waals surface area contributed by atoms with Crippen LogP contribution in [0.15, 0.2) is 64.5 Å². The molecule has 1 unspecified atom stereocenters. The Balaban J connectivity index is 0.739. The largest absolute Gasteiger partial charge is 0.487 e. The maximum atomic E-state index is 14.0. The highest BCUT2D eigenvalue weighted by Crippen LogP contribution is 2.66. The lowest BCUT2D eigenvalue weighted by molar-refractivity contribution is -0.199. The monoisotopic (exact) mass is 984 g/mol. The van der Waals surface area contributed by atoms with E-state index in [9.17, 15) is 32.7 Å². The van der Waals surface area contributed by atoms with Gasteiger partial charge in [-0.3, -0.25) is 24.2 Å². The van der Waals surface area contributed by atoms with Crippen molar-refractivity contribution in [1.82, 2.24) is 25.6 Å². The van der Waals surface area contributed by atoms with Crippen molar-refractivity contribution in [2.75, 3.05) is 26.2 Å². The molecule has 3 aromatic rings. The molecule has 3 aliphatic carbocycles. The molecule has 0 aromatic heterocycles. The average Bonchev–Trinajstić information content (AvgIpc) is 3.98. The van der Waals surface area contributed by atoms with Crippen LogP contribution < -0.4 is 36.9 Å². The number of rotatable bonds is 18. The molecule has 20 heteroatoms. The zero-order valence-electron chi connectivity index (χ0n) is 41.1. The van der Waals surface area contributed by atoms with Gasteiger partial charge in [-0.15, -0.1) is 0 Å². The Bertz CT molecular complexity index is 2650. The van der Waals surface area contributed by atoms with Gasteiger partial charge in [0.25, 0.3) is 21.8 Å². The fourth-order valence-electron chi connectivity index (χ4n) is 11.4. The summed E-state index contributed by atoms with van der Waals surface area (Å²) in [4.78, 5) is 59.6. The smallest absolute Gasteiger partial charge is 0.482 e. The van der Waals surface area contributed by atoms with E-state index >= 15 is 0 Å². The number of carbonyl (C=O) groups is 4. The third-order valence-electron chi connectivity index (χ3n) is 15.3. The van der Waals surface area contributed by atoms with E-state index in [1.54, 1.807) is 60.4 Å². The molecule has 9 N–H and O–H groups in total. The molecule has 0 radical (unpaired) electrons. The number of likely N-dealkylation sites (tertiary alicyclic amines) is 1. The van der Waals surface area contributed by atoms with E-state index in [0.29, 0.717) is 91.1 Å². The van der Waals surface area contributed by atoms with Gasteiger partial charge >= 0.3 is 7.12 Å². The number of sulfonamides is 1. The van der Waals surface area contributed by atoms with Gasteiger partial charge in [0.15, 0.2) is 0 Å². The number of benzene rings is 3. The van der Waals surface area contributed by atoms with Gasteiger partial charge in [-0.1, -0.05) is 38.1 Å². The number of β-amino-alcohol motifs (C(OH)–C–C–N with tert-alkyl or cyclic N) is 1. The van der Waals surface area contributed by atoms with Crippen LogP contribution in [0.2, 0.25) is 0 Å². The zero-order valence-corrected chi connectivity index (χ0v) is 41.9. The van der Waals surface area contributed by atoms with Crippen LogP contribution in [0.1, 0.15) is 119 Å². The van der Waals surface area contributed by atoms with E-state index in [-0.39, 0.29) is 53.2 Å². The standard InChI is InChI=1S/C50H69BN8O10S/c1-29(46(64)59-28-32(60)26-42(59)51-68-41-25-31-24-40(49(31,4)5)50(41,6)69-51)57-44(62)37-18-17-36(34-13-8-9-14-35(34)37)43(61)54-20-10-7-11-21-55-45(63)38(52)15-12-22-56-47(53)58-70(65,66)33-16-19-39-30(23-33)27-48(2,3)67-39/h8-9,13-14,16-19,23,29,31-32,38,40-42,60H,7,10-12,15,20-22,24-28,52H2,1-6H3,(H,54,61)(H,55,63)(H,57,62)(H3,53,56,58)/t29-,31+,32+,38+,40+,41?,42+,50+/m1/s1. The van der Waals surface area contributed by atoms with Crippen molar-refractivity contribution < 1.29 is 46.7 Å². The van der Waals surface area contributed by atoms with Gasteiger partial charge in [0.1, 0.15) is 17.4 Å². The van der Waals surface area contributed by atoms with Crippen LogP contribution in [-0.2, 0) is 35.3 Å². The Hall–Kier alpha value is -5.28. The number of hydrogen-bond acceptors (Lipinski definition) is 12. The minimum absolute atomic E-state index is 0.0596. The van der Waals surface area contributed by atoms with Gasteiger partial charge in [-0.05, 0) is 143 Å². The number of ether oxygens (including phenoxy) is 1. The molecule has 70 heavy (non-hydrogen) atoms. The molecule has 2 bridgehead atoms. The van der Waals surface area contributed by atoms with Crippen LogP contribution in [0.3, 0.4) is 0 Å². The molecule has 3 saturated carbocycles. The van der Waals surface area contributed by atoms with E-state index in [4.69, 9.17) is 25.5 Å². The summed E-state index contributed by atoms with van der Waals surface area (Å²) in [6.45, 7) is 13.3. The minimum Gasteiger partial charge on any atom is -0.487 e. The third kappa shape index (κ3) is 10.5. The maximum Gasteiger partial charge on any atom is 0.482 e. The maximum absolute atomic E-state index is 14.0. The second-order valence-corrected chi connectivity index (χ2v) is 22.9. The summed E-state index contributed by atoms with van der Waals surface area (Å²) >= 11 is 0. The number of hydrogen-bond donors (Lipinski definition) is 7. The molecule has 9 rings (SSSR count). The zero-order chi connectivity index (χ0) is 50.3. The van der Waals surface area contributed by atoms with E-state index in [2.05, 4.69) is 46.4 Å². The first kappa shape index (κ1) is 51.1. The number of amides is 4. The molecule has 378 valence electrons. The summed E-state index contributed by atoms with van der Waals surface area (Å²) < 4.78 is 47.1. The number of nitrogens with one attached hydrogen (secondary N) is 4. The average molecular weight is 985 g/mol. The second-order valence-electron chi connectivity index (χ2n) is 21.2. The number of unbranched alkanes of at least 4 members (excludes halogenated alkanes) is 2. The molecule has 4 amide bonds. The Morgan fingerprint density at radius 1 is 0.914 bits per heavy atom. The number of guanidine groups is 1. The molecular formula is C50H69BN8O10S. The van der Waals surface area contributed by atoms with Crippen LogP contribution in [-0.4, -0.2) is 123 Å². The predicted molar refractivity (Wildman–Crippen MR) is 265 cm³/mol. The quantitative estimate of drug-likeness (QED) is 0.0419. The van der Waals surface area contributed by atoms with Gasteiger partial charge in [0.2, 0.25) is 17.8 Å². The first-order valence-electron chi connectivity index (χ1n) is 24.7. The highest BCUT2D eigenvalue weighted by atomic mass is 32.2. The number of fused-ring (bicyclic) bond motifs is 2. The molecule has 6 aliphatic rings. The van der Waals surface area contributed by atoms with Crippen molar-refractivity contribution in [3.63, 3.8) is 0 Å². The van der Waals surface area contributed by atoms with E-state index < -0.39 is 58.4 Å². The van der Waals surface area contributed by atoms with Crippen LogP contribution in [0.4, 0.5) is 0 Å². The fraction of sp³-hybridized carbons (Fsp3) is 0.580. The first-order valence-corrected chi connectivity index (χ1v) is 26.2. The number of nitrogens with two attached hydrogens (primary N) is 2. The van der Waals surface area contributed by atoms with Crippen molar-refractivity contribution in [2.24, 2.45) is 33.7 Å². The molecular weight excluding hydrogens is 915 g/mol. The Kier molecular flexibility index (Phi) is 14.7. The molecule has 5 fully saturated rings. The first-order chi connectivity index (χ1) is 33.1. The summed E-state index contributed by atoms with van der Waals surface area (Å²) in [6, 6.07) is 13.3. The Morgan fingerprint density at radius 3 is 2.30 bits per heavy atom. The number of aliphatic imine (C=N–C) groups is 1. The van der Waals surface area contributed by atoms with Gasteiger partial charge < -0.3 is 51.5 Å². The lowest BCUT2D eigenvalue weighted by atomic mass is 9.43. The SMILES string of the molecule is C[C@@H](NC(=O)c1ccc(C(=O)NCCCCCNC(=O)[C@@H](N)CCCN=C(N)NS(=O)(=O)c2ccc3c(c2)CC(C)(C)O3)c2ccccc12)C(=O)N1C[C@@H](O)C[C@H]1B1OC2C[C@@H]3C[C@@H](C3(C)C)[C@]2(C)O1. The molecule has 8 atom stereocenters. The van der Waals surface area contributed by atoms with E-state index in [0.717, 1.165) is 24.8 Å². The normalized spacial score (nSPS) is 26.1. The Labute approximate surface area is 411 Å². The van der Waals surface area contributed by atoms with Gasteiger partial charge in [0.05, 0.1) is 34.7 Å². The molecule has 3 heterocycles. The molecule has 0 spiro atoms. The van der Waals surface area contributed by atoms with Crippen molar-refractivity contribution in [3.8, 4) is 5.75 Å². The van der Waals surface area contributed by atoms with E-state index in [1.807, 2.05) is 13.8 Å². The number of nitrogens with zero attached hydrogens (tertiary/aromatic N) is 2. The predicted octanol–water partition coefficient (Wildman–Crippen LogP) is 3.32. The topological polar surface area (TPSA) is 266 Å². The van der Waals surface area contributed by atoms with Gasteiger partial charge in [-0.2, -0.15) is 0 Å². The van der Waals surface area contributed by atoms with Crippen molar-refractivity contribution in [3.05, 3.63) is 71.3 Å². The van der Waals surface area contributed by atoms with Crippen molar-refractivity contribution in [1.29, 1.82) is 0 Å². The molecule has 18 nitrogen and oxygen atoms in total. The molecule has 3 aromatic carbocycles. The van der Waals surface area contributed by atoms with Crippen molar-refractivity contribution >= 4 is 57.5 Å². The summed E-state index contributed by atoms with van der Waals surface area (Å²) in [7, 11) is -4.62.